The van der Waals surface area contributed by atoms with E-state index in [0.717, 1.165) is 31.5 Å². The van der Waals surface area contributed by atoms with E-state index in [1.54, 1.807) is 0 Å². The largest absolute Gasteiger partial charge is 0.390 e. The predicted octanol–water partition coefficient (Wildman–Crippen LogP) is 2.91. The molecule has 21 heavy (non-hydrogen) atoms. The highest BCUT2D eigenvalue weighted by molar-refractivity contribution is 5.22. The molecule has 0 amide bonds. The molecule has 1 aromatic carbocycles. The summed E-state index contributed by atoms with van der Waals surface area (Å²) in [6.45, 7) is 7.34. The topological polar surface area (TPSA) is 50.9 Å². The first-order valence-corrected chi connectivity index (χ1v) is 7.67. The third-order valence-corrected chi connectivity index (χ3v) is 3.76. The predicted molar refractivity (Wildman–Crippen MR) is 84.0 cm³/mol. The van der Waals surface area contributed by atoms with Crippen LogP contribution in [0, 0.1) is 12.8 Å². The first-order chi connectivity index (χ1) is 10.1. The van der Waals surface area contributed by atoms with Gasteiger partial charge in [-0.05, 0) is 37.7 Å². The molecular formula is C17H25N3O. The minimum atomic E-state index is -0.0368. The fourth-order valence-electron chi connectivity index (χ4n) is 2.34. The van der Waals surface area contributed by atoms with Gasteiger partial charge in [-0.3, -0.25) is 0 Å². The summed E-state index contributed by atoms with van der Waals surface area (Å²) in [7, 11) is 0. The third-order valence-electron chi connectivity index (χ3n) is 3.76. The van der Waals surface area contributed by atoms with Crippen molar-refractivity contribution in [1.82, 2.24) is 15.0 Å². The normalized spacial score (nSPS) is 11.3. The van der Waals surface area contributed by atoms with E-state index in [1.807, 2.05) is 4.68 Å². The molecule has 0 aliphatic rings. The quantitative estimate of drug-likeness (QED) is 0.852. The SMILES string of the molecule is Cc1ccc(CCc2c(CO)nnn2CCC(C)C)cc1. The Hall–Kier alpha value is -1.68. The summed E-state index contributed by atoms with van der Waals surface area (Å²) in [5.74, 6) is 0.636. The Morgan fingerprint density at radius 3 is 2.48 bits per heavy atom. The van der Waals surface area contributed by atoms with E-state index in [9.17, 15) is 5.11 Å². The van der Waals surface area contributed by atoms with Crippen molar-refractivity contribution in [2.45, 2.75) is 53.2 Å². The molecule has 0 radical (unpaired) electrons. The van der Waals surface area contributed by atoms with Crippen LogP contribution in [0.1, 0.15) is 42.8 Å². The molecule has 0 aliphatic carbocycles. The van der Waals surface area contributed by atoms with Crippen molar-refractivity contribution in [3.8, 4) is 0 Å². The Balaban J connectivity index is 2.06. The van der Waals surface area contributed by atoms with Gasteiger partial charge in [0.05, 0.1) is 12.3 Å². The number of aliphatic hydroxyl groups excluding tert-OH is 1. The fraction of sp³-hybridized carbons (Fsp3) is 0.529. The molecule has 0 bridgehead atoms. The van der Waals surface area contributed by atoms with Crippen LogP contribution in [0.4, 0.5) is 0 Å². The van der Waals surface area contributed by atoms with E-state index >= 15 is 0 Å². The highest BCUT2D eigenvalue weighted by Gasteiger charge is 2.12. The van der Waals surface area contributed by atoms with Crippen LogP contribution in [0.25, 0.3) is 0 Å². The Morgan fingerprint density at radius 2 is 1.86 bits per heavy atom. The summed E-state index contributed by atoms with van der Waals surface area (Å²) >= 11 is 0. The summed E-state index contributed by atoms with van der Waals surface area (Å²) in [5, 5.41) is 17.7. The molecule has 0 unspecified atom stereocenters. The van der Waals surface area contributed by atoms with Crippen LogP contribution in [0.2, 0.25) is 0 Å². The number of aliphatic hydroxyl groups is 1. The molecule has 1 aromatic heterocycles. The van der Waals surface area contributed by atoms with E-state index < -0.39 is 0 Å². The highest BCUT2D eigenvalue weighted by atomic mass is 16.3. The minimum Gasteiger partial charge on any atom is -0.390 e. The van der Waals surface area contributed by atoms with E-state index in [2.05, 4.69) is 55.3 Å². The summed E-state index contributed by atoms with van der Waals surface area (Å²) in [5.41, 5.74) is 4.36. The van der Waals surface area contributed by atoms with Crippen LogP contribution < -0.4 is 0 Å². The standard InChI is InChI=1S/C17H25N3O/c1-13(2)10-11-20-17(16(12-21)18-19-20)9-8-15-6-4-14(3)5-7-15/h4-7,13,21H,8-12H2,1-3H3. The zero-order valence-corrected chi connectivity index (χ0v) is 13.2. The maximum Gasteiger partial charge on any atom is 0.111 e. The van der Waals surface area contributed by atoms with Gasteiger partial charge >= 0.3 is 0 Å². The molecule has 114 valence electrons. The molecule has 2 aromatic rings. The second kappa shape index (κ2) is 7.36. The molecule has 0 spiro atoms. The van der Waals surface area contributed by atoms with Crippen LogP contribution in [0.5, 0.6) is 0 Å². The molecular weight excluding hydrogens is 262 g/mol. The molecule has 0 fully saturated rings. The van der Waals surface area contributed by atoms with E-state index in [4.69, 9.17) is 0 Å². The van der Waals surface area contributed by atoms with Crippen molar-refractivity contribution < 1.29 is 5.11 Å². The molecule has 2 rings (SSSR count). The monoisotopic (exact) mass is 287 g/mol. The number of benzene rings is 1. The van der Waals surface area contributed by atoms with Crippen LogP contribution >= 0.6 is 0 Å². The lowest BCUT2D eigenvalue weighted by atomic mass is 10.1. The maximum absolute atomic E-state index is 9.43. The number of aryl methyl sites for hydroxylation is 3. The molecule has 0 aliphatic heterocycles. The van der Waals surface area contributed by atoms with Gasteiger partial charge in [0, 0.05) is 6.54 Å². The van der Waals surface area contributed by atoms with Crippen LogP contribution in [0.15, 0.2) is 24.3 Å². The van der Waals surface area contributed by atoms with Crippen molar-refractivity contribution in [2.75, 3.05) is 0 Å². The number of aromatic nitrogens is 3. The van der Waals surface area contributed by atoms with Crippen molar-refractivity contribution >= 4 is 0 Å². The summed E-state index contributed by atoms with van der Waals surface area (Å²) in [4.78, 5) is 0. The number of hydrogen-bond acceptors (Lipinski definition) is 3. The Bertz CT molecular complexity index is 558. The first-order valence-electron chi connectivity index (χ1n) is 7.67. The van der Waals surface area contributed by atoms with Crippen LogP contribution in [-0.4, -0.2) is 20.1 Å². The number of rotatable bonds is 7. The highest BCUT2D eigenvalue weighted by Crippen LogP contribution is 2.13. The van der Waals surface area contributed by atoms with Gasteiger partial charge in [-0.2, -0.15) is 0 Å². The second-order valence-corrected chi connectivity index (χ2v) is 6.03. The van der Waals surface area contributed by atoms with Gasteiger partial charge in [0.1, 0.15) is 5.69 Å². The van der Waals surface area contributed by atoms with Gasteiger partial charge < -0.3 is 5.11 Å². The van der Waals surface area contributed by atoms with Crippen LogP contribution in [-0.2, 0) is 26.0 Å². The minimum absolute atomic E-state index is 0.0368. The lowest BCUT2D eigenvalue weighted by Gasteiger charge is -2.09. The van der Waals surface area contributed by atoms with Gasteiger partial charge in [0.15, 0.2) is 0 Å². The number of nitrogens with zero attached hydrogens (tertiary/aromatic N) is 3. The molecule has 1 heterocycles. The lowest BCUT2D eigenvalue weighted by molar-refractivity contribution is 0.275. The zero-order valence-electron chi connectivity index (χ0n) is 13.2. The van der Waals surface area contributed by atoms with Gasteiger partial charge in [-0.1, -0.05) is 48.9 Å². The van der Waals surface area contributed by atoms with E-state index in [-0.39, 0.29) is 6.61 Å². The first kappa shape index (κ1) is 15.7. The average molecular weight is 287 g/mol. The smallest absolute Gasteiger partial charge is 0.111 e. The van der Waals surface area contributed by atoms with Crippen molar-refractivity contribution in [3.05, 3.63) is 46.8 Å². The summed E-state index contributed by atoms with van der Waals surface area (Å²) < 4.78 is 1.96. The maximum atomic E-state index is 9.43. The van der Waals surface area contributed by atoms with Gasteiger partial charge in [-0.25, -0.2) is 4.68 Å². The molecule has 0 atom stereocenters. The second-order valence-electron chi connectivity index (χ2n) is 6.03. The van der Waals surface area contributed by atoms with Crippen molar-refractivity contribution in [3.63, 3.8) is 0 Å². The van der Waals surface area contributed by atoms with Crippen LogP contribution in [0.3, 0.4) is 0 Å². The molecule has 1 N–H and O–H groups in total. The fourth-order valence-corrected chi connectivity index (χ4v) is 2.34. The molecule has 0 saturated heterocycles. The van der Waals surface area contributed by atoms with E-state index in [0.29, 0.717) is 11.6 Å². The molecule has 0 saturated carbocycles. The van der Waals surface area contributed by atoms with E-state index in [1.165, 1.54) is 11.1 Å². The Kier molecular flexibility index (Phi) is 5.51. The van der Waals surface area contributed by atoms with Crippen molar-refractivity contribution in [1.29, 1.82) is 0 Å². The Morgan fingerprint density at radius 1 is 1.14 bits per heavy atom. The summed E-state index contributed by atoms with van der Waals surface area (Å²) in [6.07, 6.45) is 2.89. The van der Waals surface area contributed by atoms with Gasteiger partial charge in [0.25, 0.3) is 0 Å². The lowest BCUT2D eigenvalue weighted by Crippen LogP contribution is -2.09. The Labute approximate surface area is 126 Å². The van der Waals surface area contributed by atoms with Gasteiger partial charge in [-0.15, -0.1) is 5.10 Å². The van der Waals surface area contributed by atoms with Gasteiger partial charge in [0.2, 0.25) is 0 Å². The number of hydrogen-bond donors (Lipinski definition) is 1. The summed E-state index contributed by atoms with van der Waals surface area (Å²) in [6, 6.07) is 8.60. The molecule has 4 heteroatoms. The molecule has 4 nitrogen and oxygen atoms in total. The van der Waals surface area contributed by atoms with Crippen molar-refractivity contribution in [2.24, 2.45) is 5.92 Å². The third kappa shape index (κ3) is 4.39. The zero-order chi connectivity index (χ0) is 15.2. The average Bonchev–Trinajstić information content (AvgIpc) is 2.86.